The summed E-state index contributed by atoms with van der Waals surface area (Å²) in [5.74, 6) is -0.560. The van der Waals surface area contributed by atoms with Gasteiger partial charge in [-0.15, -0.1) is 0 Å². The van der Waals surface area contributed by atoms with Crippen LogP contribution in [0.1, 0.15) is 23.0 Å². The molecule has 1 aromatic carbocycles. The fraction of sp³-hybridized carbons (Fsp3) is 0.154. The van der Waals surface area contributed by atoms with Crippen LogP contribution in [-0.2, 0) is 4.74 Å². The first-order valence-electron chi connectivity index (χ1n) is 5.73. The molecule has 2 rings (SSSR count). The van der Waals surface area contributed by atoms with Gasteiger partial charge >= 0.3 is 5.97 Å². The first kappa shape index (κ1) is 13.9. The Hall–Kier alpha value is -2.52. The number of nitrogens with zero attached hydrogens (tertiary/aromatic N) is 2. The number of hydrogen-bond acceptors (Lipinski definition) is 6. The van der Waals surface area contributed by atoms with E-state index in [1.165, 1.54) is 12.3 Å². The lowest BCUT2D eigenvalue weighted by Gasteiger charge is -2.04. The lowest BCUT2D eigenvalue weighted by Crippen LogP contribution is -2.05. The number of hydrogen-bond donors (Lipinski definition) is 1. The topological polar surface area (TPSA) is 88.1 Å². The van der Waals surface area contributed by atoms with Crippen LogP contribution in [0.25, 0.3) is 0 Å². The number of oxazole rings is 1. The maximum atomic E-state index is 11.4. The van der Waals surface area contributed by atoms with Gasteiger partial charge in [0.1, 0.15) is 6.26 Å². The number of nitrogens with one attached hydrogen (secondary N) is 1. The highest BCUT2D eigenvalue weighted by atomic mass is 35.5. The van der Waals surface area contributed by atoms with Crippen molar-refractivity contribution < 1.29 is 13.9 Å². The second kappa shape index (κ2) is 6.08. The van der Waals surface area contributed by atoms with E-state index in [1.54, 1.807) is 19.1 Å². The fourth-order valence-electron chi connectivity index (χ4n) is 1.43. The summed E-state index contributed by atoms with van der Waals surface area (Å²) in [5, 5.41) is 11.9. The zero-order valence-corrected chi connectivity index (χ0v) is 11.3. The highest BCUT2D eigenvalue weighted by Crippen LogP contribution is 2.26. The average molecular weight is 292 g/mol. The molecule has 0 aliphatic carbocycles. The van der Waals surface area contributed by atoms with Crippen LogP contribution in [0.2, 0.25) is 5.02 Å². The van der Waals surface area contributed by atoms with Crippen molar-refractivity contribution in [3.05, 3.63) is 40.7 Å². The number of rotatable bonds is 4. The second-order valence-electron chi connectivity index (χ2n) is 3.69. The van der Waals surface area contributed by atoms with Crippen LogP contribution in [0.4, 0.5) is 11.7 Å². The molecule has 0 fully saturated rings. The number of esters is 1. The SMILES string of the molecule is CCOC(=O)c1coc(Nc2ccc(C#N)cc2Cl)n1. The molecule has 2 aromatic rings. The summed E-state index contributed by atoms with van der Waals surface area (Å²) in [6.45, 7) is 1.96. The van der Waals surface area contributed by atoms with E-state index in [0.29, 0.717) is 16.3 Å². The molecule has 0 spiro atoms. The largest absolute Gasteiger partial charge is 0.461 e. The molecule has 0 atom stereocenters. The molecule has 1 heterocycles. The van der Waals surface area contributed by atoms with Gasteiger partial charge in [0, 0.05) is 0 Å². The van der Waals surface area contributed by atoms with E-state index in [2.05, 4.69) is 10.3 Å². The van der Waals surface area contributed by atoms with Gasteiger partial charge in [-0.2, -0.15) is 10.2 Å². The van der Waals surface area contributed by atoms with E-state index in [9.17, 15) is 4.79 Å². The zero-order valence-electron chi connectivity index (χ0n) is 10.5. The van der Waals surface area contributed by atoms with E-state index < -0.39 is 5.97 Å². The van der Waals surface area contributed by atoms with Crippen molar-refractivity contribution in [2.24, 2.45) is 0 Å². The van der Waals surface area contributed by atoms with Gasteiger partial charge in [0.2, 0.25) is 0 Å². The van der Waals surface area contributed by atoms with Crippen LogP contribution in [0.5, 0.6) is 0 Å². The Labute approximate surface area is 119 Å². The maximum absolute atomic E-state index is 11.4. The molecule has 0 aliphatic rings. The Morgan fingerprint density at radius 2 is 2.40 bits per heavy atom. The van der Waals surface area contributed by atoms with E-state index >= 15 is 0 Å². The van der Waals surface area contributed by atoms with Gasteiger partial charge in [0.05, 0.1) is 28.9 Å². The number of halogens is 1. The lowest BCUT2D eigenvalue weighted by molar-refractivity contribution is 0.0519. The van der Waals surface area contributed by atoms with Crippen molar-refractivity contribution in [1.82, 2.24) is 4.98 Å². The van der Waals surface area contributed by atoms with Crippen molar-refractivity contribution >= 4 is 29.3 Å². The molecule has 0 radical (unpaired) electrons. The van der Waals surface area contributed by atoms with Gasteiger partial charge in [0.25, 0.3) is 6.01 Å². The summed E-state index contributed by atoms with van der Waals surface area (Å²) in [5.41, 5.74) is 1.03. The minimum absolute atomic E-state index is 0.0686. The van der Waals surface area contributed by atoms with Crippen molar-refractivity contribution in [2.75, 3.05) is 11.9 Å². The van der Waals surface area contributed by atoms with E-state index in [-0.39, 0.29) is 18.3 Å². The molecule has 0 aliphatic heterocycles. The van der Waals surface area contributed by atoms with E-state index in [1.807, 2.05) is 6.07 Å². The molecule has 0 bridgehead atoms. The average Bonchev–Trinajstić information content (AvgIpc) is 2.90. The summed E-state index contributed by atoms with van der Waals surface area (Å²) in [6, 6.07) is 6.82. The molecule has 0 saturated heterocycles. The van der Waals surface area contributed by atoms with E-state index in [0.717, 1.165) is 0 Å². The van der Waals surface area contributed by atoms with Gasteiger partial charge in [0.15, 0.2) is 5.69 Å². The van der Waals surface area contributed by atoms with Crippen LogP contribution in [0.3, 0.4) is 0 Å². The molecule has 0 amide bonds. The van der Waals surface area contributed by atoms with Crippen LogP contribution in [0.15, 0.2) is 28.9 Å². The van der Waals surface area contributed by atoms with Crippen molar-refractivity contribution in [2.45, 2.75) is 6.92 Å². The number of nitriles is 1. The molecule has 6 nitrogen and oxygen atoms in total. The van der Waals surface area contributed by atoms with Crippen LogP contribution in [0, 0.1) is 11.3 Å². The first-order valence-corrected chi connectivity index (χ1v) is 6.11. The second-order valence-corrected chi connectivity index (χ2v) is 4.10. The van der Waals surface area contributed by atoms with Crippen LogP contribution >= 0.6 is 11.6 Å². The van der Waals surface area contributed by atoms with Gasteiger partial charge in [-0.1, -0.05) is 11.6 Å². The number of ether oxygens (including phenoxy) is 1. The Kier molecular flexibility index (Phi) is 4.23. The standard InChI is InChI=1S/C13H10ClN3O3/c1-2-19-12(18)11-7-20-13(17-11)16-10-4-3-8(6-15)5-9(10)14/h3-5,7H,2H2,1H3,(H,16,17). The highest BCUT2D eigenvalue weighted by molar-refractivity contribution is 6.33. The first-order chi connectivity index (χ1) is 9.63. The molecular weight excluding hydrogens is 282 g/mol. The third-order valence-electron chi connectivity index (χ3n) is 2.33. The Balaban J connectivity index is 2.15. The molecule has 7 heteroatoms. The Bertz CT molecular complexity index is 676. The molecule has 20 heavy (non-hydrogen) atoms. The monoisotopic (exact) mass is 291 g/mol. The predicted octanol–water partition coefficient (Wildman–Crippen LogP) is 3.12. The van der Waals surface area contributed by atoms with E-state index in [4.69, 9.17) is 26.0 Å². The van der Waals surface area contributed by atoms with Crippen molar-refractivity contribution in [3.8, 4) is 6.07 Å². The van der Waals surface area contributed by atoms with Crippen LogP contribution < -0.4 is 5.32 Å². The lowest BCUT2D eigenvalue weighted by atomic mass is 10.2. The smallest absolute Gasteiger partial charge is 0.360 e. The summed E-state index contributed by atoms with van der Waals surface area (Å²) in [4.78, 5) is 15.4. The number of carbonyl (C=O) groups is 1. The molecule has 1 N–H and O–H groups in total. The van der Waals surface area contributed by atoms with Gasteiger partial charge in [-0.05, 0) is 25.1 Å². The summed E-state index contributed by atoms with van der Waals surface area (Å²) in [7, 11) is 0. The third kappa shape index (κ3) is 3.08. The minimum Gasteiger partial charge on any atom is -0.461 e. The highest BCUT2D eigenvalue weighted by Gasteiger charge is 2.14. The number of carbonyl (C=O) groups excluding carboxylic acids is 1. The molecule has 0 saturated carbocycles. The predicted molar refractivity (Wildman–Crippen MR) is 71.9 cm³/mol. The Morgan fingerprint density at radius 1 is 1.60 bits per heavy atom. The van der Waals surface area contributed by atoms with Crippen molar-refractivity contribution in [1.29, 1.82) is 5.26 Å². The summed E-state index contributed by atoms with van der Waals surface area (Å²) >= 11 is 6.00. The Morgan fingerprint density at radius 3 is 3.05 bits per heavy atom. The number of aromatic nitrogens is 1. The molecular formula is C13H10ClN3O3. The molecule has 0 unspecified atom stereocenters. The number of benzene rings is 1. The molecule has 102 valence electrons. The minimum atomic E-state index is -0.560. The van der Waals surface area contributed by atoms with Crippen LogP contribution in [-0.4, -0.2) is 17.6 Å². The van der Waals surface area contributed by atoms with Gasteiger partial charge in [-0.3, -0.25) is 0 Å². The molecule has 1 aromatic heterocycles. The van der Waals surface area contributed by atoms with Gasteiger partial charge < -0.3 is 14.5 Å². The van der Waals surface area contributed by atoms with Crippen molar-refractivity contribution in [3.63, 3.8) is 0 Å². The quantitative estimate of drug-likeness (QED) is 0.871. The maximum Gasteiger partial charge on any atom is 0.360 e. The van der Waals surface area contributed by atoms with Gasteiger partial charge in [-0.25, -0.2) is 4.79 Å². The summed E-state index contributed by atoms with van der Waals surface area (Å²) < 4.78 is 9.90. The number of anilines is 2. The normalized spacial score (nSPS) is 9.85. The zero-order chi connectivity index (χ0) is 14.5. The third-order valence-corrected chi connectivity index (χ3v) is 2.64. The summed E-state index contributed by atoms with van der Waals surface area (Å²) in [6.07, 6.45) is 1.19. The fourth-order valence-corrected chi connectivity index (χ4v) is 1.66.